The summed E-state index contributed by atoms with van der Waals surface area (Å²) in [5.74, 6) is -0.742. The fourth-order valence-corrected chi connectivity index (χ4v) is 3.74. The van der Waals surface area contributed by atoms with E-state index in [0.717, 1.165) is 19.3 Å². The Labute approximate surface area is 235 Å². The quantitative estimate of drug-likeness (QED) is 0.0639. The van der Waals surface area contributed by atoms with E-state index >= 15 is 0 Å². The topological polar surface area (TPSA) is 89.8 Å². The van der Waals surface area contributed by atoms with Crippen LogP contribution in [-0.4, -0.2) is 31.2 Å². The summed E-state index contributed by atoms with van der Waals surface area (Å²) < 4.78 is 29.6. The van der Waals surface area contributed by atoms with Crippen molar-refractivity contribution in [3.05, 3.63) is 12.2 Å². The molecule has 1 N–H and O–H groups in total. The first-order valence-corrected chi connectivity index (χ1v) is 13.9. The van der Waals surface area contributed by atoms with Gasteiger partial charge in [-0.05, 0) is 44.4 Å². The molecule has 0 heterocycles. The van der Waals surface area contributed by atoms with Gasteiger partial charge in [-0.25, -0.2) is 0 Å². The molecule has 0 bridgehead atoms. The van der Waals surface area contributed by atoms with Crippen LogP contribution in [0.2, 0.25) is 0 Å². The molecule has 0 radical (unpaired) electrons. The predicted octanol–water partition coefficient (Wildman–Crippen LogP) is 3.23. The third-order valence-electron chi connectivity index (χ3n) is 5.29. The summed E-state index contributed by atoms with van der Waals surface area (Å²) in [6, 6.07) is 0. The molecule has 0 aliphatic heterocycles. The number of allylic oxidation sites excluding steroid dienone is 2. The Kier molecular flexibility index (Phi) is 27.8. The van der Waals surface area contributed by atoms with Gasteiger partial charge in [-0.1, -0.05) is 96.1 Å². The summed E-state index contributed by atoms with van der Waals surface area (Å²) in [6.45, 7) is 2.12. The molecule has 0 aliphatic carbocycles. The number of rotatable bonds is 22. The molecular weight excluding hydrogens is 437 g/mol. The van der Waals surface area contributed by atoms with Crippen LogP contribution in [0.25, 0.3) is 0 Å². The van der Waals surface area contributed by atoms with E-state index in [4.69, 9.17) is 4.55 Å². The van der Waals surface area contributed by atoms with Gasteiger partial charge in [-0.15, -0.1) is 0 Å². The van der Waals surface area contributed by atoms with Crippen molar-refractivity contribution in [1.82, 2.24) is 0 Å². The van der Waals surface area contributed by atoms with Crippen molar-refractivity contribution >= 4 is 16.0 Å². The molecular formula is C24H46KNO4S. The van der Waals surface area contributed by atoms with Gasteiger partial charge in [-0.2, -0.15) is 8.42 Å². The minimum atomic E-state index is -4.02. The molecule has 0 aromatic heterocycles. The monoisotopic (exact) mass is 483 g/mol. The summed E-state index contributed by atoms with van der Waals surface area (Å²) in [5, 5.41) is 11.5. The Hall–Kier alpha value is 0.756. The van der Waals surface area contributed by atoms with Gasteiger partial charge in [-0.3, -0.25) is 4.55 Å². The van der Waals surface area contributed by atoms with E-state index < -0.39 is 15.9 Å². The van der Waals surface area contributed by atoms with Gasteiger partial charge >= 0.3 is 51.4 Å². The van der Waals surface area contributed by atoms with Crippen LogP contribution in [-0.2, 0) is 10.1 Å². The number of unbranched alkanes of at least 4 members (excludes halogenated alkanes) is 15. The van der Waals surface area contributed by atoms with E-state index in [2.05, 4.69) is 24.1 Å². The standard InChI is InChI=1S/C24H47NO4S.K/c1-2-3-4-5-6-7-8-9-10-11-12-13-14-15-16-17-18-19-20-21-24(26)25-22-23-30(27,28)29;/h9-10H,2-8,11-23H2,1H3,(H,25,26)(H,27,28,29);/q;+1/p-1/b10-9+;. The van der Waals surface area contributed by atoms with Crippen LogP contribution in [0, 0.1) is 0 Å². The summed E-state index contributed by atoms with van der Waals surface area (Å²) >= 11 is 0. The zero-order valence-electron chi connectivity index (χ0n) is 20.3. The number of aliphatic imine (C=N–C) groups is 1. The first kappa shape index (κ1) is 33.9. The maximum atomic E-state index is 11.5. The fourth-order valence-electron chi connectivity index (χ4n) is 3.42. The minimum absolute atomic E-state index is 0. The second-order valence-corrected chi connectivity index (χ2v) is 9.88. The first-order valence-electron chi connectivity index (χ1n) is 12.3. The second kappa shape index (κ2) is 25.4. The van der Waals surface area contributed by atoms with Crippen LogP contribution >= 0.6 is 0 Å². The van der Waals surface area contributed by atoms with Crippen LogP contribution in [0.5, 0.6) is 0 Å². The van der Waals surface area contributed by atoms with Crippen molar-refractivity contribution in [1.29, 1.82) is 0 Å². The SMILES string of the molecule is CCCCCCCC/C=C/CCCCCCCCCCCC([O-])=NCCS(=O)(=O)O.[K+]. The summed E-state index contributed by atoms with van der Waals surface area (Å²) in [5.41, 5.74) is 0. The number of nitrogens with zero attached hydrogens (tertiary/aromatic N) is 1. The average molecular weight is 484 g/mol. The maximum absolute atomic E-state index is 11.5. The van der Waals surface area contributed by atoms with Crippen LogP contribution in [0.3, 0.4) is 0 Å². The van der Waals surface area contributed by atoms with E-state index in [9.17, 15) is 13.5 Å². The molecule has 0 amide bonds. The smallest absolute Gasteiger partial charge is 0.862 e. The van der Waals surface area contributed by atoms with Gasteiger partial charge in [0.2, 0.25) is 0 Å². The zero-order chi connectivity index (χ0) is 22.3. The minimum Gasteiger partial charge on any atom is -0.862 e. The van der Waals surface area contributed by atoms with Crippen LogP contribution in [0.4, 0.5) is 0 Å². The van der Waals surface area contributed by atoms with Crippen LogP contribution in [0.15, 0.2) is 17.1 Å². The molecule has 7 heteroatoms. The Balaban J connectivity index is 0. The molecule has 5 nitrogen and oxygen atoms in total. The van der Waals surface area contributed by atoms with E-state index in [-0.39, 0.29) is 63.8 Å². The summed E-state index contributed by atoms with van der Waals surface area (Å²) in [4.78, 5) is 3.64. The molecule has 0 rings (SSSR count). The van der Waals surface area contributed by atoms with E-state index in [0.29, 0.717) is 6.42 Å². The van der Waals surface area contributed by atoms with Crippen molar-refractivity contribution in [2.24, 2.45) is 4.99 Å². The van der Waals surface area contributed by atoms with Gasteiger partial charge in [0.05, 0.1) is 12.3 Å². The molecule has 0 atom stereocenters. The third-order valence-corrected chi connectivity index (χ3v) is 5.99. The van der Waals surface area contributed by atoms with Crippen LogP contribution < -0.4 is 56.5 Å². The molecule has 0 unspecified atom stereocenters. The summed E-state index contributed by atoms with van der Waals surface area (Å²) in [7, 11) is -4.02. The van der Waals surface area contributed by atoms with Gasteiger partial charge < -0.3 is 10.1 Å². The summed E-state index contributed by atoms with van der Waals surface area (Å²) in [6.07, 6.45) is 26.5. The van der Waals surface area contributed by atoms with E-state index in [1.165, 1.54) is 89.9 Å². The number of hydrogen-bond acceptors (Lipinski definition) is 4. The molecule has 178 valence electrons. The molecule has 0 fully saturated rings. The molecule has 31 heavy (non-hydrogen) atoms. The Bertz CT molecular complexity index is 536. The molecule has 0 saturated heterocycles. The Morgan fingerprint density at radius 3 is 1.65 bits per heavy atom. The van der Waals surface area contributed by atoms with Gasteiger partial charge in [0.1, 0.15) is 0 Å². The maximum Gasteiger partial charge on any atom is 1.00 e. The van der Waals surface area contributed by atoms with Crippen molar-refractivity contribution in [2.75, 3.05) is 12.3 Å². The van der Waals surface area contributed by atoms with Crippen molar-refractivity contribution in [3.63, 3.8) is 0 Å². The molecule has 0 spiro atoms. The Morgan fingerprint density at radius 2 is 1.19 bits per heavy atom. The van der Waals surface area contributed by atoms with Crippen molar-refractivity contribution < 1.29 is 69.5 Å². The fraction of sp³-hybridized carbons (Fsp3) is 0.875. The van der Waals surface area contributed by atoms with E-state index in [1.807, 2.05) is 0 Å². The normalized spacial score (nSPS) is 12.4. The van der Waals surface area contributed by atoms with Gasteiger partial charge in [0.25, 0.3) is 10.1 Å². The second-order valence-electron chi connectivity index (χ2n) is 8.31. The third kappa shape index (κ3) is 30.8. The zero-order valence-corrected chi connectivity index (χ0v) is 24.3. The molecule has 0 aromatic rings. The Morgan fingerprint density at radius 1 is 0.774 bits per heavy atom. The molecule has 0 saturated carbocycles. The average Bonchev–Trinajstić information content (AvgIpc) is 2.68. The predicted molar refractivity (Wildman–Crippen MR) is 127 cm³/mol. The van der Waals surface area contributed by atoms with Crippen molar-refractivity contribution in [2.45, 2.75) is 122 Å². The van der Waals surface area contributed by atoms with Crippen molar-refractivity contribution in [3.8, 4) is 0 Å². The largest absolute Gasteiger partial charge is 1.00 e. The molecule has 0 aliphatic rings. The van der Waals surface area contributed by atoms with Gasteiger partial charge in [0, 0.05) is 0 Å². The van der Waals surface area contributed by atoms with Gasteiger partial charge in [0.15, 0.2) is 0 Å². The van der Waals surface area contributed by atoms with E-state index in [1.54, 1.807) is 0 Å². The number of hydrogen-bond donors (Lipinski definition) is 1. The first-order chi connectivity index (χ1) is 14.5. The van der Waals surface area contributed by atoms with Crippen LogP contribution in [0.1, 0.15) is 122 Å². The molecule has 0 aromatic carbocycles.